The van der Waals surface area contributed by atoms with Gasteiger partial charge in [-0.25, -0.2) is 4.79 Å². The molecule has 1 rings (SSSR count). The van der Waals surface area contributed by atoms with Crippen molar-refractivity contribution in [2.24, 2.45) is 0 Å². The van der Waals surface area contributed by atoms with Crippen LogP contribution in [0.3, 0.4) is 0 Å². The van der Waals surface area contributed by atoms with E-state index in [1.807, 2.05) is 30.3 Å². The van der Waals surface area contributed by atoms with Gasteiger partial charge < -0.3 is 44.0 Å². The maximum absolute atomic E-state index is 12.1. The predicted octanol–water partition coefficient (Wildman–Crippen LogP) is 0.247. The van der Waals surface area contributed by atoms with E-state index in [1.165, 1.54) is 0 Å². The van der Waals surface area contributed by atoms with Crippen molar-refractivity contribution >= 4 is 23.8 Å². The first-order valence-electron chi connectivity index (χ1n) is 11.7. The molecule has 0 aromatic heterocycles. The average molecular weight is 530 g/mol. The van der Waals surface area contributed by atoms with E-state index >= 15 is 0 Å². The number of rotatable bonds is 23. The number of carboxylic acid groups (broad SMARTS) is 2. The maximum Gasteiger partial charge on any atom is 0.332 e. The molecule has 0 heterocycles. The molecular formula is C24H35NO12. The van der Waals surface area contributed by atoms with Crippen molar-refractivity contribution in [3.05, 3.63) is 35.9 Å². The molecule has 13 heteroatoms. The largest absolute Gasteiger partial charge is 0.481 e. The molecule has 0 aliphatic heterocycles. The third kappa shape index (κ3) is 19.7. The zero-order valence-electron chi connectivity index (χ0n) is 20.6. The van der Waals surface area contributed by atoms with Gasteiger partial charge in [0.2, 0.25) is 5.91 Å². The predicted molar refractivity (Wildman–Crippen MR) is 127 cm³/mol. The number of carbonyl (C=O) groups excluding carboxylic acids is 2. The van der Waals surface area contributed by atoms with Crippen LogP contribution in [-0.4, -0.2) is 106 Å². The molecule has 208 valence electrons. The summed E-state index contributed by atoms with van der Waals surface area (Å²) in [5, 5.41) is 19.9. The molecule has 1 aromatic carbocycles. The van der Waals surface area contributed by atoms with E-state index in [-0.39, 0.29) is 85.5 Å². The van der Waals surface area contributed by atoms with Gasteiger partial charge in [-0.1, -0.05) is 30.3 Å². The molecule has 1 amide bonds. The van der Waals surface area contributed by atoms with Crippen LogP contribution in [0.25, 0.3) is 0 Å². The number of benzene rings is 1. The fourth-order valence-corrected chi connectivity index (χ4v) is 2.61. The summed E-state index contributed by atoms with van der Waals surface area (Å²) >= 11 is 0. The number of ether oxygens (including phenoxy) is 6. The minimum atomic E-state index is -1.01. The van der Waals surface area contributed by atoms with E-state index in [0.717, 1.165) is 5.56 Å². The maximum atomic E-state index is 12.1. The number of aliphatic carboxylic acids is 2. The summed E-state index contributed by atoms with van der Waals surface area (Å²) in [4.78, 5) is 44.8. The number of hydrogen-bond donors (Lipinski definition) is 3. The molecule has 0 fully saturated rings. The van der Waals surface area contributed by atoms with E-state index in [4.69, 9.17) is 38.6 Å². The van der Waals surface area contributed by atoms with Gasteiger partial charge in [0, 0.05) is 0 Å². The molecule has 0 radical (unpaired) electrons. The molecule has 0 saturated carbocycles. The summed E-state index contributed by atoms with van der Waals surface area (Å²) in [6.45, 7) is 0.410. The molecule has 0 aliphatic carbocycles. The SMILES string of the molecule is O=C(O)CCOCC(COCCC(=O)O)NC(=O)COCCOCCOCC(=O)OCc1ccccc1. The third-order valence-electron chi connectivity index (χ3n) is 4.36. The lowest BCUT2D eigenvalue weighted by Crippen LogP contribution is -2.43. The van der Waals surface area contributed by atoms with Crippen molar-refractivity contribution in [1.29, 1.82) is 0 Å². The Morgan fingerprint density at radius 2 is 1.24 bits per heavy atom. The standard InChI is InChI=1S/C24H35NO12/c26-21(25-20(15-33-8-6-22(27)28)16-34-9-7-23(29)30)17-35-12-10-32-11-13-36-18-24(31)37-14-19-4-2-1-3-5-19/h1-5,20H,6-18H2,(H,25,26)(H,27,28)(H,29,30). The molecule has 0 spiro atoms. The van der Waals surface area contributed by atoms with Gasteiger partial charge in [-0.2, -0.15) is 0 Å². The lowest BCUT2D eigenvalue weighted by Gasteiger charge is -2.19. The summed E-state index contributed by atoms with van der Waals surface area (Å²) in [5.74, 6) is -2.95. The first kappa shape index (κ1) is 31.9. The van der Waals surface area contributed by atoms with Gasteiger partial charge in [0.25, 0.3) is 0 Å². The first-order chi connectivity index (χ1) is 17.9. The highest BCUT2D eigenvalue weighted by atomic mass is 16.6. The molecule has 0 unspecified atom stereocenters. The Bertz CT molecular complexity index is 767. The number of esters is 1. The highest BCUT2D eigenvalue weighted by Gasteiger charge is 2.14. The zero-order chi connectivity index (χ0) is 27.1. The number of hydrogen-bond acceptors (Lipinski definition) is 10. The molecule has 3 N–H and O–H groups in total. The van der Waals surface area contributed by atoms with Crippen molar-refractivity contribution < 1.29 is 57.8 Å². The van der Waals surface area contributed by atoms with Crippen molar-refractivity contribution in [3.63, 3.8) is 0 Å². The Hall–Kier alpha value is -3.10. The lowest BCUT2D eigenvalue weighted by molar-refractivity contribution is -0.151. The number of nitrogens with one attached hydrogen (secondary N) is 1. The minimum Gasteiger partial charge on any atom is -0.481 e. The Labute approximate surface area is 214 Å². The van der Waals surface area contributed by atoms with Crippen molar-refractivity contribution in [2.75, 3.05) is 66.1 Å². The van der Waals surface area contributed by atoms with Crippen LogP contribution >= 0.6 is 0 Å². The summed E-state index contributed by atoms with van der Waals surface area (Å²) in [7, 11) is 0. The second-order valence-electron chi connectivity index (χ2n) is 7.57. The first-order valence-corrected chi connectivity index (χ1v) is 11.7. The van der Waals surface area contributed by atoms with Crippen molar-refractivity contribution in [2.45, 2.75) is 25.5 Å². The molecule has 0 bridgehead atoms. The van der Waals surface area contributed by atoms with Crippen LogP contribution in [0.15, 0.2) is 30.3 Å². The molecule has 0 atom stereocenters. The Balaban J connectivity index is 2.08. The summed E-state index contributed by atoms with van der Waals surface area (Å²) in [6.07, 6.45) is -0.375. The molecule has 0 aliphatic rings. The van der Waals surface area contributed by atoms with Crippen molar-refractivity contribution in [1.82, 2.24) is 5.32 Å². The van der Waals surface area contributed by atoms with E-state index < -0.39 is 29.9 Å². The lowest BCUT2D eigenvalue weighted by atomic mass is 10.2. The molecule has 1 aromatic rings. The van der Waals surface area contributed by atoms with Crippen molar-refractivity contribution in [3.8, 4) is 0 Å². The Kier molecular flexibility index (Phi) is 18.1. The molecule has 0 saturated heterocycles. The number of amides is 1. The highest BCUT2D eigenvalue weighted by molar-refractivity contribution is 5.77. The van der Waals surface area contributed by atoms with Gasteiger partial charge >= 0.3 is 17.9 Å². The van der Waals surface area contributed by atoms with Gasteiger partial charge in [-0.05, 0) is 5.56 Å². The van der Waals surface area contributed by atoms with Crippen LogP contribution in [-0.2, 0) is 54.2 Å². The smallest absolute Gasteiger partial charge is 0.332 e. The van der Waals surface area contributed by atoms with Crippen LogP contribution in [0, 0.1) is 0 Å². The summed E-state index contributed by atoms with van der Waals surface area (Å²) in [5.41, 5.74) is 0.886. The Morgan fingerprint density at radius 1 is 0.703 bits per heavy atom. The van der Waals surface area contributed by atoms with Gasteiger partial charge in [0.15, 0.2) is 0 Å². The Morgan fingerprint density at radius 3 is 1.81 bits per heavy atom. The van der Waals surface area contributed by atoms with E-state index in [9.17, 15) is 19.2 Å². The van der Waals surface area contributed by atoms with Gasteiger partial charge in [-0.3, -0.25) is 14.4 Å². The van der Waals surface area contributed by atoms with Gasteiger partial charge in [0.1, 0.15) is 19.8 Å². The second-order valence-corrected chi connectivity index (χ2v) is 7.57. The van der Waals surface area contributed by atoms with Gasteiger partial charge in [0.05, 0.1) is 71.7 Å². The zero-order valence-corrected chi connectivity index (χ0v) is 20.6. The normalized spacial score (nSPS) is 10.8. The van der Waals surface area contributed by atoms with Crippen LogP contribution in [0.2, 0.25) is 0 Å². The monoisotopic (exact) mass is 529 g/mol. The third-order valence-corrected chi connectivity index (χ3v) is 4.36. The van der Waals surface area contributed by atoms with Gasteiger partial charge in [-0.15, -0.1) is 0 Å². The number of carboxylic acids is 2. The van der Waals surface area contributed by atoms with Crippen LogP contribution in [0.1, 0.15) is 18.4 Å². The summed E-state index contributed by atoms with van der Waals surface area (Å²) < 4.78 is 31.3. The quantitative estimate of drug-likeness (QED) is 0.130. The van der Waals surface area contributed by atoms with E-state index in [2.05, 4.69) is 5.32 Å². The molecule has 13 nitrogen and oxygen atoms in total. The van der Waals surface area contributed by atoms with Crippen LogP contribution < -0.4 is 5.32 Å². The number of carbonyl (C=O) groups is 4. The molecular weight excluding hydrogens is 494 g/mol. The topological polar surface area (TPSA) is 176 Å². The summed E-state index contributed by atoms with van der Waals surface area (Å²) in [6, 6.07) is 8.69. The fraction of sp³-hybridized carbons (Fsp3) is 0.583. The van der Waals surface area contributed by atoms with Crippen LogP contribution in [0.5, 0.6) is 0 Å². The second kappa shape index (κ2) is 21.0. The minimum absolute atomic E-state index is 0.00496. The molecule has 37 heavy (non-hydrogen) atoms. The van der Waals surface area contributed by atoms with E-state index in [0.29, 0.717) is 0 Å². The average Bonchev–Trinajstić information content (AvgIpc) is 2.87. The highest BCUT2D eigenvalue weighted by Crippen LogP contribution is 2.00. The van der Waals surface area contributed by atoms with E-state index in [1.54, 1.807) is 0 Å². The van der Waals surface area contributed by atoms with Crippen LogP contribution in [0.4, 0.5) is 0 Å². The fourth-order valence-electron chi connectivity index (χ4n) is 2.61.